The van der Waals surface area contributed by atoms with E-state index < -0.39 is 0 Å². The maximum Gasteiger partial charge on any atom is 0.123 e. The third kappa shape index (κ3) is 1.66. The third-order valence-electron chi connectivity index (χ3n) is 2.93. The number of benzene rings is 1. The zero-order valence-electron chi connectivity index (χ0n) is 8.16. The van der Waals surface area contributed by atoms with Crippen molar-refractivity contribution in [2.75, 3.05) is 13.2 Å². The van der Waals surface area contributed by atoms with Gasteiger partial charge in [0, 0.05) is 10.4 Å². The van der Waals surface area contributed by atoms with Crippen LogP contribution >= 0.6 is 15.9 Å². The van der Waals surface area contributed by atoms with Crippen LogP contribution in [0.15, 0.2) is 22.7 Å². The van der Waals surface area contributed by atoms with Gasteiger partial charge in [0.15, 0.2) is 0 Å². The summed E-state index contributed by atoms with van der Waals surface area (Å²) < 4.78 is 6.73. The van der Waals surface area contributed by atoms with Crippen LogP contribution < -0.4 is 10.5 Å². The summed E-state index contributed by atoms with van der Waals surface area (Å²) >= 11 is 3.44. The highest BCUT2D eigenvalue weighted by atomic mass is 79.9. The van der Waals surface area contributed by atoms with Crippen molar-refractivity contribution in [3.05, 3.63) is 28.2 Å². The Labute approximate surface area is 92.6 Å². The van der Waals surface area contributed by atoms with E-state index in [4.69, 9.17) is 10.5 Å². The fourth-order valence-corrected chi connectivity index (χ4v) is 2.22. The van der Waals surface area contributed by atoms with Gasteiger partial charge in [0.2, 0.25) is 0 Å². The highest BCUT2D eigenvalue weighted by Gasteiger charge is 2.26. The molecule has 2 atom stereocenters. The number of nitrogens with two attached hydrogens (primary N) is 1. The standard InChI is InChI=1S/C11H14BrNO/c1-7-8(5-13)6-14-11-4-9(12)2-3-10(7)11/h2-4,7-8H,5-6,13H2,1H3. The summed E-state index contributed by atoms with van der Waals surface area (Å²) in [6.45, 7) is 3.64. The molecule has 3 heteroatoms. The number of hydrogen-bond acceptors (Lipinski definition) is 2. The first-order chi connectivity index (χ1) is 6.72. The van der Waals surface area contributed by atoms with Crippen molar-refractivity contribution in [3.8, 4) is 5.75 Å². The molecular formula is C11H14BrNO. The van der Waals surface area contributed by atoms with Crippen LogP contribution in [-0.4, -0.2) is 13.2 Å². The van der Waals surface area contributed by atoms with Crippen molar-refractivity contribution in [2.24, 2.45) is 11.7 Å². The lowest BCUT2D eigenvalue weighted by Crippen LogP contribution is -2.30. The van der Waals surface area contributed by atoms with Crippen molar-refractivity contribution >= 4 is 15.9 Å². The zero-order chi connectivity index (χ0) is 10.1. The van der Waals surface area contributed by atoms with Crippen LogP contribution in [-0.2, 0) is 0 Å². The molecule has 2 nitrogen and oxygen atoms in total. The smallest absolute Gasteiger partial charge is 0.123 e. The summed E-state index contributed by atoms with van der Waals surface area (Å²) in [5.41, 5.74) is 6.96. The number of ether oxygens (including phenoxy) is 1. The molecule has 0 bridgehead atoms. The molecule has 1 aliphatic heterocycles. The number of hydrogen-bond donors (Lipinski definition) is 1. The number of halogens is 1. The molecule has 0 saturated heterocycles. The molecular weight excluding hydrogens is 242 g/mol. The molecule has 0 aromatic heterocycles. The highest BCUT2D eigenvalue weighted by Crippen LogP contribution is 2.37. The van der Waals surface area contributed by atoms with E-state index in [1.54, 1.807) is 0 Å². The first-order valence-corrected chi connectivity index (χ1v) is 5.64. The minimum atomic E-state index is 0.448. The average Bonchev–Trinajstić information content (AvgIpc) is 2.18. The van der Waals surface area contributed by atoms with Crippen molar-refractivity contribution in [1.82, 2.24) is 0 Å². The third-order valence-corrected chi connectivity index (χ3v) is 3.42. The van der Waals surface area contributed by atoms with Crippen molar-refractivity contribution in [3.63, 3.8) is 0 Å². The van der Waals surface area contributed by atoms with E-state index in [0.717, 1.165) is 16.8 Å². The highest BCUT2D eigenvalue weighted by molar-refractivity contribution is 9.10. The Morgan fingerprint density at radius 1 is 1.57 bits per heavy atom. The zero-order valence-corrected chi connectivity index (χ0v) is 9.75. The molecule has 2 unspecified atom stereocenters. The van der Waals surface area contributed by atoms with Crippen LogP contribution in [0.5, 0.6) is 5.75 Å². The maximum atomic E-state index is 5.69. The second kappa shape index (κ2) is 3.91. The van der Waals surface area contributed by atoms with Crippen LogP contribution in [0.25, 0.3) is 0 Å². The molecule has 14 heavy (non-hydrogen) atoms. The van der Waals surface area contributed by atoms with Crippen LogP contribution in [0, 0.1) is 5.92 Å². The normalized spacial score (nSPS) is 25.4. The largest absolute Gasteiger partial charge is 0.493 e. The molecule has 0 spiro atoms. The molecule has 1 aromatic rings. The van der Waals surface area contributed by atoms with Gasteiger partial charge < -0.3 is 10.5 Å². The van der Waals surface area contributed by atoms with Gasteiger partial charge >= 0.3 is 0 Å². The lowest BCUT2D eigenvalue weighted by atomic mass is 9.86. The molecule has 0 aliphatic carbocycles. The van der Waals surface area contributed by atoms with Crippen LogP contribution in [0.1, 0.15) is 18.4 Å². The van der Waals surface area contributed by atoms with E-state index in [2.05, 4.69) is 35.0 Å². The molecule has 2 N–H and O–H groups in total. The Kier molecular flexibility index (Phi) is 2.79. The van der Waals surface area contributed by atoms with Gasteiger partial charge in [-0.25, -0.2) is 0 Å². The van der Waals surface area contributed by atoms with Gasteiger partial charge in [-0.2, -0.15) is 0 Å². The SMILES string of the molecule is CC1c2ccc(Br)cc2OCC1CN. The van der Waals surface area contributed by atoms with E-state index in [-0.39, 0.29) is 0 Å². The Bertz CT molecular complexity index is 340. The van der Waals surface area contributed by atoms with Gasteiger partial charge in [-0.1, -0.05) is 28.9 Å². The maximum absolute atomic E-state index is 5.69. The van der Waals surface area contributed by atoms with Crippen LogP contribution in [0.4, 0.5) is 0 Å². The molecule has 1 aromatic carbocycles. The molecule has 1 aliphatic rings. The molecule has 0 amide bonds. The fourth-order valence-electron chi connectivity index (χ4n) is 1.88. The van der Waals surface area contributed by atoms with Crippen LogP contribution in [0.3, 0.4) is 0 Å². The first kappa shape index (κ1) is 9.99. The summed E-state index contributed by atoms with van der Waals surface area (Å²) in [7, 11) is 0. The second-order valence-electron chi connectivity index (χ2n) is 3.78. The fraction of sp³-hybridized carbons (Fsp3) is 0.455. The Hall–Kier alpha value is -0.540. The van der Waals surface area contributed by atoms with Gasteiger partial charge in [0.1, 0.15) is 5.75 Å². The minimum Gasteiger partial charge on any atom is -0.493 e. The van der Waals surface area contributed by atoms with Crippen molar-refractivity contribution in [1.29, 1.82) is 0 Å². The van der Waals surface area contributed by atoms with E-state index >= 15 is 0 Å². The Morgan fingerprint density at radius 3 is 3.07 bits per heavy atom. The first-order valence-electron chi connectivity index (χ1n) is 4.84. The molecule has 0 saturated carbocycles. The Balaban J connectivity index is 2.36. The van der Waals surface area contributed by atoms with E-state index in [9.17, 15) is 0 Å². The minimum absolute atomic E-state index is 0.448. The summed E-state index contributed by atoms with van der Waals surface area (Å²) in [6.07, 6.45) is 0. The molecule has 0 fully saturated rings. The van der Waals surface area contributed by atoms with Gasteiger partial charge in [-0.3, -0.25) is 0 Å². The van der Waals surface area contributed by atoms with E-state index in [1.165, 1.54) is 5.56 Å². The van der Waals surface area contributed by atoms with Gasteiger partial charge in [-0.05, 0) is 30.2 Å². The predicted octanol–water partition coefficient (Wildman–Crippen LogP) is 2.52. The lowest BCUT2D eigenvalue weighted by Gasteiger charge is -2.30. The van der Waals surface area contributed by atoms with Gasteiger partial charge in [0.05, 0.1) is 6.61 Å². The topological polar surface area (TPSA) is 35.2 Å². The lowest BCUT2D eigenvalue weighted by molar-refractivity contribution is 0.203. The molecule has 1 heterocycles. The van der Waals surface area contributed by atoms with Gasteiger partial charge in [-0.15, -0.1) is 0 Å². The van der Waals surface area contributed by atoms with E-state index in [1.807, 2.05) is 6.07 Å². The number of rotatable bonds is 1. The average molecular weight is 256 g/mol. The van der Waals surface area contributed by atoms with Crippen molar-refractivity contribution in [2.45, 2.75) is 12.8 Å². The summed E-state index contributed by atoms with van der Waals surface area (Å²) in [5.74, 6) is 1.94. The predicted molar refractivity (Wildman–Crippen MR) is 60.6 cm³/mol. The molecule has 0 radical (unpaired) electrons. The second-order valence-corrected chi connectivity index (χ2v) is 4.69. The van der Waals surface area contributed by atoms with Crippen molar-refractivity contribution < 1.29 is 4.74 Å². The summed E-state index contributed by atoms with van der Waals surface area (Å²) in [4.78, 5) is 0. The van der Waals surface area contributed by atoms with Crippen LogP contribution in [0.2, 0.25) is 0 Å². The van der Waals surface area contributed by atoms with E-state index in [0.29, 0.717) is 18.4 Å². The number of fused-ring (bicyclic) bond motifs is 1. The molecule has 2 rings (SSSR count). The van der Waals surface area contributed by atoms with Gasteiger partial charge in [0.25, 0.3) is 0 Å². The quantitative estimate of drug-likeness (QED) is 0.837. The summed E-state index contributed by atoms with van der Waals surface area (Å²) in [6, 6.07) is 6.20. The monoisotopic (exact) mass is 255 g/mol. The summed E-state index contributed by atoms with van der Waals surface area (Å²) in [5, 5.41) is 0. The molecule has 76 valence electrons. The Morgan fingerprint density at radius 2 is 2.36 bits per heavy atom.